The number of oxazole rings is 1. The van der Waals surface area contributed by atoms with Crippen LogP contribution >= 0.6 is 11.6 Å². The normalized spacial score (nSPS) is 14.0. The van der Waals surface area contributed by atoms with Gasteiger partial charge in [0.1, 0.15) is 22.7 Å². The SMILES string of the molecule is O=C(c1c(F)cccc1F)N(Cc1nc2cc(Cl)ccc2o1)C1CC1. The molecule has 1 aliphatic rings. The summed E-state index contributed by atoms with van der Waals surface area (Å²) in [5, 5.41) is 0.524. The van der Waals surface area contributed by atoms with Crippen LogP contribution in [-0.2, 0) is 6.54 Å². The quantitative estimate of drug-likeness (QED) is 0.683. The Bertz CT molecular complexity index is 949. The average molecular weight is 363 g/mol. The lowest BCUT2D eigenvalue weighted by Crippen LogP contribution is -2.34. The van der Waals surface area contributed by atoms with Gasteiger partial charge in [0.25, 0.3) is 5.91 Å². The van der Waals surface area contributed by atoms with Crippen molar-refractivity contribution in [2.75, 3.05) is 0 Å². The van der Waals surface area contributed by atoms with E-state index in [4.69, 9.17) is 16.0 Å². The van der Waals surface area contributed by atoms with Crippen molar-refractivity contribution in [1.29, 1.82) is 0 Å². The third-order valence-corrected chi connectivity index (χ3v) is 4.36. The van der Waals surface area contributed by atoms with Crippen LogP contribution in [-0.4, -0.2) is 21.8 Å². The zero-order chi connectivity index (χ0) is 17.6. The minimum atomic E-state index is -0.875. The predicted octanol–water partition coefficient (Wildman–Crippen LogP) is 4.56. The number of benzene rings is 2. The van der Waals surface area contributed by atoms with Crippen LogP contribution in [0.25, 0.3) is 11.1 Å². The van der Waals surface area contributed by atoms with Crippen molar-refractivity contribution in [3.63, 3.8) is 0 Å². The Morgan fingerprint density at radius 1 is 1.24 bits per heavy atom. The van der Waals surface area contributed by atoms with E-state index >= 15 is 0 Å². The zero-order valence-electron chi connectivity index (χ0n) is 13.0. The molecule has 1 fully saturated rings. The van der Waals surface area contributed by atoms with Crippen molar-refractivity contribution >= 4 is 28.6 Å². The van der Waals surface area contributed by atoms with Gasteiger partial charge in [0, 0.05) is 11.1 Å². The van der Waals surface area contributed by atoms with Crippen LogP contribution in [0.3, 0.4) is 0 Å². The predicted molar refractivity (Wildman–Crippen MR) is 88.3 cm³/mol. The van der Waals surface area contributed by atoms with E-state index in [1.807, 2.05) is 0 Å². The molecule has 0 spiro atoms. The number of carbonyl (C=O) groups is 1. The number of carbonyl (C=O) groups excluding carboxylic acids is 1. The number of nitrogens with zero attached hydrogens (tertiary/aromatic N) is 2. The molecule has 1 saturated carbocycles. The molecule has 1 amide bonds. The van der Waals surface area contributed by atoms with Crippen molar-refractivity contribution in [1.82, 2.24) is 9.88 Å². The molecular formula is C18H13ClF2N2O2. The summed E-state index contributed by atoms with van der Waals surface area (Å²) in [5.41, 5.74) is 0.566. The van der Waals surface area contributed by atoms with Gasteiger partial charge in [0.05, 0.1) is 6.54 Å². The van der Waals surface area contributed by atoms with Crippen molar-refractivity contribution in [2.24, 2.45) is 0 Å². The van der Waals surface area contributed by atoms with Crippen molar-refractivity contribution in [2.45, 2.75) is 25.4 Å². The number of amides is 1. The average Bonchev–Trinajstić information content (AvgIpc) is 3.32. The van der Waals surface area contributed by atoms with E-state index in [1.54, 1.807) is 18.2 Å². The summed E-state index contributed by atoms with van der Waals surface area (Å²) in [4.78, 5) is 18.4. The highest BCUT2D eigenvalue weighted by molar-refractivity contribution is 6.31. The molecule has 1 aromatic heterocycles. The number of fused-ring (bicyclic) bond motifs is 1. The van der Waals surface area contributed by atoms with E-state index < -0.39 is 23.1 Å². The number of aromatic nitrogens is 1. The Labute approximate surface area is 147 Å². The van der Waals surface area contributed by atoms with Gasteiger partial charge >= 0.3 is 0 Å². The Morgan fingerprint density at radius 3 is 2.64 bits per heavy atom. The molecule has 0 atom stereocenters. The lowest BCUT2D eigenvalue weighted by molar-refractivity contribution is 0.0705. The van der Waals surface area contributed by atoms with Crippen LogP contribution in [0.1, 0.15) is 29.1 Å². The molecule has 4 rings (SSSR count). The van der Waals surface area contributed by atoms with E-state index in [1.165, 1.54) is 11.0 Å². The molecule has 7 heteroatoms. The smallest absolute Gasteiger partial charge is 0.260 e. The van der Waals surface area contributed by atoms with E-state index in [0.29, 0.717) is 22.0 Å². The first-order chi connectivity index (χ1) is 12.0. The lowest BCUT2D eigenvalue weighted by atomic mass is 10.1. The number of hydrogen-bond acceptors (Lipinski definition) is 3. The van der Waals surface area contributed by atoms with Crippen molar-refractivity contribution < 1.29 is 18.0 Å². The largest absolute Gasteiger partial charge is 0.439 e. The number of rotatable bonds is 4. The molecule has 1 heterocycles. The fourth-order valence-electron chi connectivity index (χ4n) is 2.76. The van der Waals surface area contributed by atoms with E-state index in [9.17, 15) is 13.6 Å². The van der Waals surface area contributed by atoms with Gasteiger partial charge in [-0.1, -0.05) is 17.7 Å². The summed E-state index contributed by atoms with van der Waals surface area (Å²) >= 11 is 5.93. The van der Waals surface area contributed by atoms with Gasteiger partial charge in [-0.25, -0.2) is 13.8 Å². The summed E-state index contributed by atoms with van der Waals surface area (Å²) < 4.78 is 33.5. The third kappa shape index (κ3) is 3.09. The first kappa shape index (κ1) is 16.0. The van der Waals surface area contributed by atoms with Crippen molar-refractivity contribution in [3.05, 3.63) is 64.5 Å². The first-order valence-electron chi connectivity index (χ1n) is 7.83. The maximum absolute atomic E-state index is 14.0. The zero-order valence-corrected chi connectivity index (χ0v) is 13.8. The molecule has 0 saturated heterocycles. The van der Waals surface area contributed by atoms with Crippen LogP contribution in [0.4, 0.5) is 8.78 Å². The van der Waals surface area contributed by atoms with E-state index in [0.717, 1.165) is 25.0 Å². The fraction of sp³-hybridized carbons (Fsp3) is 0.222. The summed E-state index contributed by atoms with van der Waals surface area (Å²) in [6, 6.07) is 8.33. The number of halogens is 3. The van der Waals surface area contributed by atoms with Gasteiger partial charge < -0.3 is 9.32 Å². The maximum atomic E-state index is 14.0. The topological polar surface area (TPSA) is 46.3 Å². The molecule has 25 heavy (non-hydrogen) atoms. The highest BCUT2D eigenvalue weighted by Gasteiger charge is 2.36. The molecule has 0 radical (unpaired) electrons. The maximum Gasteiger partial charge on any atom is 0.260 e. The van der Waals surface area contributed by atoms with Gasteiger partial charge in [-0.05, 0) is 43.2 Å². The Kier molecular flexibility index (Phi) is 3.92. The highest BCUT2D eigenvalue weighted by Crippen LogP contribution is 2.31. The van der Waals surface area contributed by atoms with Gasteiger partial charge in [-0.15, -0.1) is 0 Å². The van der Waals surface area contributed by atoms with Crippen LogP contribution in [0.15, 0.2) is 40.8 Å². The summed E-state index contributed by atoms with van der Waals surface area (Å²) in [7, 11) is 0. The minimum Gasteiger partial charge on any atom is -0.439 e. The monoisotopic (exact) mass is 362 g/mol. The molecule has 3 aromatic rings. The summed E-state index contributed by atoms with van der Waals surface area (Å²) in [6.45, 7) is 0.0452. The molecular weight excluding hydrogens is 350 g/mol. The molecule has 2 aromatic carbocycles. The fourth-order valence-corrected chi connectivity index (χ4v) is 2.93. The lowest BCUT2D eigenvalue weighted by Gasteiger charge is -2.21. The summed E-state index contributed by atoms with van der Waals surface area (Å²) in [5.74, 6) is -2.15. The molecule has 1 aliphatic carbocycles. The Hall–Kier alpha value is -2.47. The molecule has 0 N–H and O–H groups in total. The molecule has 128 valence electrons. The molecule has 0 aliphatic heterocycles. The second-order valence-corrected chi connectivity index (χ2v) is 6.42. The third-order valence-electron chi connectivity index (χ3n) is 4.12. The molecule has 0 unspecified atom stereocenters. The Morgan fingerprint density at radius 2 is 1.96 bits per heavy atom. The van der Waals surface area contributed by atoms with Crippen LogP contribution < -0.4 is 0 Å². The van der Waals surface area contributed by atoms with Gasteiger partial charge in [-0.3, -0.25) is 4.79 Å². The van der Waals surface area contributed by atoms with E-state index in [2.05, 4.69) is 4.98 Å². The van der Waals surface area contributed by atoms with Gasteiger partial charge in [-0.2, -0.15) is 0 Å². The second-order valence-electron chi connectivity index (χ2n) is 5.98. The molecule has 4 nitrogen and oxygen atoms in total. The Balaban J connectivity index is 1.66. The first-order valence-corrected chi connectivity index (χ1v) is 8.20. The molecule has 0 bridgehead atoms. The highest BCUT2D eigenvalue weighted by atomic mass is 35.5. The van der Waals surface area contributed by atoms with Gasteiger partial charge in [0.2, 0.25) is 5.89 Å². The summed E-state index contributed by atoms with van der Waals surface area (Å²) in [6.07, 6.45) is 1.57. The van der Waals surface area contributed by atoms with Crippen LogP contribution in [0.2, 0.25) is 5.02 Å². The van der Waals surface area contributed by atoms with E-state index in [-0.39, 0.29) is 12.6 Å². The minimum absolute atomic E-state index is 0.0452. The van der Waals surface area contributed by atoms with Gasteiger partial charge in [0.15, 0.2) is 5.58 Å². The second kappa shape index (κ2) is 6.11. The van der Waals surface area contributed by atoms with Crippen LogP contribution in [0.5, 0.6) is 0 Å². The van der Waals surface area contributed by atoms with Crippen molar-refractivity contribution in [3.8, 4) is 0 Å². The number of hydrogen-bond donors (Lipinski definition) is 0. The van der Waals surface area contributed by atoms with Crippen LogP contribution in [0, 0.1) is 11.6 Å². The standard InChI is InChI=1S/C18H13ClF2N2O2/c19-10-4-7-15-14(8-10)22-16(25-15)9-23(11-5-6-11)18(24)17-12(20)2-1-3-13(17)21/h1-4,7-8,11H,5-6,9H2.